The highest BCUT2D eigenvalue weighted by Gasteiger charge is 2.73. The summed E-state index contributed by atoms with van der Waals surface area (Å²) in [7, 11) is 0. The highest BCUT2D eigenvalue weighted by atomic mass is 16.5. The molecule has 1 aliphatic carbocycles. The molecule has 1 saturated carbocycles. The van der Waals surface area contributed by atoms with Crippen molar-refractivity contribution in [2.24, 2.45) is 17.8 Å². The van der Waals surface area contributed by atoms with E-state index in [9.17, 15) is 14.4 Å². The summed E-state index contributed by atoms with van der Waals surface area (Å²) in [5.74, 6) is -1.16. The molecule has 3 aliphatic heterocycles. The van der Waals surface area contributed by atoms with Crippen LogP contribution < -0.4 is 10.6 Å². The number of nitrogens with zero attached hydrogens (tertiary/aromatic N) is 1. The van der Waals surface area contributed by atoms with E-state index in [1.165, 1.54) is 12.0 Å². The first-order chi connectivity index (χ1) is 17.7. The van der Waals surface area contributed by atoms with Crippen LogP contribution in [0, 0.1) is 17.8 Å². The van der Waals surface area contributed by atoms with Gasteiger partial charge in [0.05, 0.1) is 17.9 Å². The highest BCUT2D eigenvalue weighted by molar-refractivity contribution is 6.03. The lowest BCUT2D eigenvalue weighted by atomic mass is 9.74. The van der Waals surface area contributed by atoms with Crippen molar-refractivity contribution in [2.45, 2.75) is 102 Å². The van der Waals surface area contributed by atoms with E-state index < -0.39 is 29.6 Å². The van der Waals surface area contributed by atoms with Gasteiger partial charge in [-0.15, -0.1) is 0 Å². The minimum absolute atomic E-state index is 0.0982. The summed E-state index contributed by atoms with van der Waals surface area (Å²) >= 11 is 0. The number of nitrogens with one attached hydrogen (secondary N) is 2. The molecule has 8 atom stereocenters. The van der Waals surface area contributed by atoms with Crippen molar-refractivity contribution >= 4 is 23.4 Å². The van der Waals surface area contributed by atoms with E-state index in [1.54, 1.807) is 4.90 Å². The molecule has 1 aromatic rings. The zero-order chi connectivity index (χ0) is 26.5. The Kier molecular flexibility index (Phi) is 6.94. The monoisotopic (exact) mass is 507 g/mol. The molecule has 3 heterocycles. The average Bonchev–Trinajstić information content (AvgIpc) is 3.52. The van der Waals surface area contributed by atoms with Crippen LogP contribution in [-0.4, -0.2) is 52.5 Å². The fraction of sp³-hybridized carbons (Fsp3) is 0.633. The highest BCUT2D eigenvalue weighted by Crippen LogP contribution is 2.55. The third kappa shape index (κ3) is 4.29. The predicted octanol–water partition coefficient (Wildman–Crippen LogP) is 4.39. The van der Waals surface area contributed by atoms with Gasteiger partial charge in [-0.2, -0.15) is 0 Å². The van der Waals surface area contributed by atoms with E-state index >= 15 is 0 Å². The standard InChI is InChI=1S/C30H41N3O4/c1-6-19(5)33-26(28(35)32-22-10-8-7-9-18(22)4)30-16-15-23(37-30)24(25(30)29(33)36)27(34)31-21-13-11-20(12-14-21)17(2)3/h11-19,22-26H,6-10H2,1-5H3,(H,31,34)(H,32,35)/t18-,19-,22-,23-,24+,25-,26-,30-/m0/s1. The Hall–Kier alpha value is -2.67. The van der Waals surface area contributed by atoms with Crippen molar-refractivity contribution in [1.29, 1.82) is 0 Å². The van der Waals surface area contributed by atoms with Gasteiger partial charge in [0.15, 0.2) is 0 Å². The van der Waals surface area contributed by atoms with Gasteiger partial charge in [0.2, 0.25) is 17.7 Å². The molecule has 0 unspecified atom stereocenters. The van der Waals surface area contributed by atoms with E-state index in [4.69, 9.17) is 4.74 Å². The van der Waals surface area contributed by atoms with Gasteiger partial charge in [0, 0.05) is 17.8 Å². The van der Waals surface area contributed by atoms with Crippen LogP contribution in [0.3, 0.4) is 0 Å². The van der Waals surface area contributed by atoms with Crippen LogP contribution in [-0.2, 0) is 19.1 Å². The topological polar surface area (TPSA) is 87.7 Å². The molecule has 200 valence electrons. The van der Waals surface area contributed by atoms with Crippen LogP contribution in [0.15, 0.2) is 36.4 Å². The van der Waals surface area contributed by atoms with Gasteiger partial charge >= 0.3 is 0 Å². The number of hydrogen-bond donors (Lipinski definition) is 2. The molecule has 2 saturated heterocycles. The van der Waals surface area contributed by atoms with Crippen molar-refractivity contribution in [3.8, 4) is 0 Å². The fourth-order valence-corrected chi connectivity index (χ4v) is 6.85. The molecule has 37 heavy (non-hydrogen) atoms. The zero-order valence-electron chi connectivity index (χ0n) is 22.7. The lowest BCUT2D eigenvalue weighted by molar-refractivity contribution is -0.143. The number of ether oxygens (including phenoxy) is 1. The van der Waals surface area contributed by atoms with Crippen molar-refractivity contribution in [3.05, 3.63) is 42.0 Å². The molecular formula is C30H41N3O4. The zero-order valence-corrected chi connectivity index (χ0v) is 22.7. The molecule has 1 aromatic carbocycles. The van der Waals surface area contributed by atoms with E-state index in [-0.39, 0.29) is 29.8 Å². The minimum atomic E-state index is -1.11. The van der Waals surface area contributed by atoms with Crippen LogP contribution in [0.1, 0.15) is 78.2 Å². The molecular weight excluding hydrogens is 466 g/mol. The fourth-order valence-electron chi connectivity index (χ4n) is 6.85. The first-order valence-electron chi connectivity index (χ1n) is 14.1. The van der Waals surface area contributed by atoms with Gasteiger partial charge in [0.1, 0.15) is 11.6 Å². The average molecular weight is 508 g/mol. The number of benzene rings is 1. The molecule has 3 amide bonds. The molecule has 0 aromatic heterocycles. The number of hydrogen-bond acceptors (Lipinski definition) is 4. The summed E-state index contributed by atoms with van der Waals surface area (Å²) in [6.45, 7) is 10.4. The summed E-state index contributed by atoms with van der Waals surface area (Å²) in [4.78, 5) is 43.2. The molecule has 1 spiro atoms. The first kappa shape index (κ1) is 26.0. The van der Waals surface area contributed by atoms with Crippen LogP contribution in [0.4, 0.5) is 5.69 Å². The van der Waals surface area contributed by atoms with Gasteiger partial charge in [0.25, 0.3) is 0 Å². The minimum Gasteiger partial charge on any atom is -0.359 e. The molecule has 7 heteroatoms. The Morgan fingerprint density at radius 2 is 1.81 bits per heavy atom. The Labute approximate surface area is 220 Å². The van der Waals surface area contributed by atoms with E-state index in [2.05, 4.69) is 31.4 Å². The van der Waals surface area contributed by atoms with Gasteiger partial charge in [-0.05, 0) is 55.7 Å². The lowest BCUT2D eigenvalue weighted by Gasteiger charge is -2.37. The van der Waals surface area contributed by atoms with E-state index in [0.29, 0.717) is 23.9 Å². The number of carbonyl (C=O) groups is 3. The summed E-state index contributed by atoms with van der Waals surface area (Å²) in [5, 5.41) is 6.30. The molecule has 3 fully saturated rings. The quantitative estimate of drug-likeness (QED) is 0.536. The Morgan fingerprint density at radius 1 is 1.11 bits per heavy atom. The second kappa shape index (κ2) is 9.90. The number of carbonyl (C=O) groups excluding carboxylic acids is 3. The van der Waals surface area contributed by atoms with Gasteiger partial charge < -0.3 is 20.3 Å². The molecule has 2 N–H and O–H groups in total. The molecule has 0 radical (unpaired) electrons. The third-order valence-electron chi connectivity index (χ3n) is 9.21. The van der Waals surface area contributed by atoms with Crippen molar-refractivity contribution in [1.82, 2.24) is 10.2 Å². The maximum atomic E-state index is 14.0. The van der Waals surface area contributed by atoms with E-state index in [0.717, 1.165) is 19.3 Å². The number of fused-ring (bicyclic) bond motifs is 1. The molecule has 5 rings (SSSR count). The maximum absolute atomic E-state index is 14.0. The van der Waals surface area contributed by atoms with E-state index in [1.807, 2.05) is 50.3 Å². The molecule has 7 nitrogen and oxygen atoms in total. The second-order valence-electron chi connectivity index (χ2n) is 11.8. The van der Waals surface area contributed by atoms with Gasteiger partial charge in [-0.25, -0.2) is 0 Å². The molecule has 4 aliphatic rings. The first-order valence-corrected chi connectivity index (χ1v) is 14.1. The van der Waals surface area contributed by atoms with Crippen LogP contribution in [0.2, 0.25) is 0 Å². The SMILES string of the molecule is CC[C@H](C)N1C(=O)[C@@H]2[C@H](C(=O)Nc3ccc(C(C)C)cc3)[C@@H]3C=C[C@@]2(O3)[C@@H]1C(=O)N[C@H]1CCCC[C@@H]1C. The summed E-state index contributed by atoms with van der Waals surface area (Å²) in [6.07, 6.45) is 8.28. The van der Waals surface area contributed by atoms with Crippen LogP contribution in [0.25, 0.3) is 0 Å². The largest absolute Gasteiger partial charge is 0.359 e. The maximum Gasteiger partial charge on any atom is 0.246 e. The van der Waals surface area contributed by atoms with Crippen LogP contribution in [0.5, 0.6) is 0 Å². The lowest BCUT2D eigenvalue weighted by Crippen LogP contribution is -2.58. The number of rotatable bonds is 7. The number of anilines is 1. The number of amides is 3. The van der Waals surface area contributed by atoms with Gasteiger partial charge in [-0.3, -0.25) is 14.4 Å². The second-order valence-corrected chi connectivity index (χ2v) is 11.8. The van der Waals surface area contributed by atoms with Crippen molar-refractivity contribution in [2.75, 3.05) is 5.32 Å². The van der Waals surface area contributed by atoms with Gasteiger partial charge in [-0.1, -0.05) is 64.8 Å². The summed E-state index contributed by atoms with van der Waals surface area (Å²) in [5.41, 5.74) is 0.774. The molecule has 2 bridgehead atoms. The van der Waals surface area contributed by atoms with Crippen LogP contribution >= 0.6 is 0 Å². The number of likely N-dealkylation sites (tertiary alicyclic amines) is 1. The Morgan fingerprint density at radius 3 is 2.46 bits per heavy atom. The normalized spacial score (nSPS) is 35.1. The Bertz CT molecular complexity index is 1080. The van der Waals surface area contributed by atoms with Crippen molar-refractivity contribution in [3.63, 3.8) is 0 Å². The third-order valence-corrected chi connectivity index (χ3v) is 9.21. The predicted molar refractivity (Wildman–Crippen MR) is 143 cm³/mol. The smallest absolute Gasteiger partial charge is 0.246 e. The summed E-state index contributed by atoms with van der Waals surface area (Å²) in [6, 6.07) is 7.00. The van der Waals surface area contributed by atoms with Crippen molar-refractivity contribution < 1.29 is 19.1 Å². The Balaban J connectivity index is 1.42. The summed E-state index contributed by atoms with van der Waals surface area (Å²) < 4.78 is 6.46.